The first-order chi connectivity index (χ1) is 30.8. The third-order valence-corrected chi connectivity index (χ3v) is 10.8. The van der Waals surface area contributed by atoms with Gasteiger partial charge >= 0.3 is 0 Å². The number of fused-ring (bicyclic) bond motifs is 1. The summed E-state index contributed by atoms with van der Waals surface area (Å²) in [5.41, 5.74) is 10.1. The second-order valence-electron chi connectivity index (χ2n) is 16.4. The monoisotopic (exact) mass is 961 g/mol. The van der Waals surface area contributed by atoms with Gasteiger partial charge in [-0.25, -0.2) is 4.98 Å². The van der Waals surface area contributed by atoms with Crippen molar-refractivity contribution in [1.82, 2.24) is 14.5 Å². The number of phenols is 1. The van der Waals surface area contributed by atoms with Crippen molar-refractivity contribution >= 4 is 11.0 Å². The molecular weight excluding hydrogens is 902 g/mol. The van der Waals surface area contributed by atoms with Crippen molar-refractivity contribution < 1.29 is 37.1 Å². The van der Waals surface area contributed by atoms with Gasteiger partial charge in [0.25, 0.3) is 0 Å². The maximum Gasteiger partial charge on any atom is 0.148 e. The number of hydrogen-bond acceptors (Lipinski definition) is 3. The van der Waals surface area contributed by atoms with E-state index in [0.717, 1.165) is 33.4 Å². The van der Waals surface area contributed by atoms with Gasteiger partial charge in [-0.1, -0.05) is 144 Å². The van der Waals surface area contributed by atoms with Crippen LogP contribution in [0.1, 0.15) is 99.0 Å². The molecule has 2 aromatic heterocycles. The zero-order valence-corrected chi connectivity index (χ0v) is 36.6. The zero-order chi connectivity index (χ0) is 47.7. The molecular formula is C54H52N3OPt-. The van der Waals surface area contributed by atoms with E-state index in [1.807, 2.05) is 54.6 Å². The van der Waals surface area contributed by atoms with E-state index in [1.54, 1.807) is 99.1 Å². The van der Waals surface area contributed by atoms with Crippen molar-refractivity contribution in [2.24, 2.45) is 0 Å². The third kappa shape index (κ3) is 8.08. The summed E-state index contributed by atoms with van der Waals surface area (Å²) in [7, 11) is 0. The van der Waals surface area contributed by atoms with Crippen LogP contribution in [-0.2, 0) is 26.5 Å². The largest absolute Gasteiger partial charge is 0.507 e. The summed E-state index contributed by atoms with van der Waals surface area (Å²) in [5.74, 6) is -1.81. The van der Waals surface area contributed by atoms with Crippen LogP contribution in [0.15, 0.2) is 134 Å². The third-order valence-electron chi connectivity index (χ3n) is 10.8. The molecule has 0 radical (unpaired) electrons. The average Bonchev–Trinajstić information content (AvgIpc) is 3.64. The molecule has 0 aliphatic rings. The van der Waals surface area contributed by atoms with Gasteiger partial charge in [-0.3, -0.25) is 9.55 Å². The summed E-state index contributed by atoms with van der Waals surface area (Å²) >= 11 is 0. The number of nitrogens with zero attached hydrogens (tertiary/aromatic N) is 3. The van der Waals surface area contributed by atoms with Crippen LogP contribution in [0.3, 0.4) is 0 Å². The molecule has 0 saturated heterocycles. The van der Waals surface area contributed by atoms with Gasteiger partial charge < -0.3 is 5.11 Å². The van der Waals surface area contributed by atoms with Crippen LogP contribution >= 0.6 is 0 Å². The topological polar surface area (TPSA) is 50.9 Å². The molecule has 8 aromatic rings. The van der Waals surface area contributed by atoms with Crippen molar-refractivity contribution in [1.29, 1.82) is 0 Å². The minimum Gasteiger partial charge on any atom is -0.507 e. The molecule has 0 amide bonds. The number of rotatable bonds is 8. The number of aromatic hydroxyl groups is 1. The molecule has 300 valence electrons. The Morgan fingerprint density at radius 2 is 1.37 bits per heavy atom. The van der Waals surface area contributed by atoms with Gasteiger partial charge in [-0.15, -0.1) is 29.3 Å². The normalized spacial score (nSPS) is 14.5. The van der Waals surface area contributed by atoms with Crippen molar-refractivity contribution in [3.05, 3.63) is 167 Å². The van der Waals surface area contributed by atoms with Crippen LogP contribution < -0.4 is 0 Å². The molecule has 0 aliphatic carbocycles. The predicted molar refractivity (Wildman–Crippen MR) is 243 cm³/mol. The van der Waals surface area contributed by atoms with E-state index < -0.39 is 25.5 Å². The standard InChI is InChI=1S/C54H52N3O.Pt/c1-33(2)43-15-12-16-44(34(3)4)51(43)39-24-25-48(36(6)28-39)57-49-18-13-17-45(52(49)56-53(57)46-14-10-11-19-50(46)58)40-29-41(31-42(30-40)54(7,8)9)47-32-38(26-27-55-47)37-22-20-35(5)21-23-37;/h10-28,30-34,58H,1-9H3;/q-1;/i5D3,6D3,33D,34D;. The van der Waals surface area contributed by atoms with E-state index in [0.29, 0.717) is 56.1 Å². The van der Waals surface area contributed by atoms with Crippen molar-refractivity contribution in [3.8, 4) is 67.5 Å². The maximum atomic E-state index is 11.4. The van der Waals surface area contributed by atoms with Crippen LogP contribution in [0.4, 0.5) is 0 Å². The van der Waals surface area contributed by atoms with Crippen molar-refractivity contribution in [3.63, 3.8) is 0 Å². The smallest absolute Gasteiger partial charge is 0.148 e. The molecule has 0 atom stereocenters. The second kappa shape index (κ2) is 16.6. The van der Waals surface area contributed by atoms with Gasteiger partial charge in [-0.05, 0) is 106 Å². The number of hydrogen-bond donors (Lipinski definition) is 1. The van der Waals surface area contributed by atoms with Crippen molar-refractivity contribution in [2.75, 3.05) is 0 Å². The Balaban J connectivity index is 0.00000666. The van der Waals surface area contributed by atoms with E-state index in [4.69, 9.17) is 20.9 Å². The average molecular weight is 962 g/mol. The molecule has 0 bridgehead atoms. The molecule has 1 N–H and O–H groups in total. The fraction of sp³-hybridized carbons (Fsp3) is 0.222. The Bertz CT molecular complexity index is 3100. The maximum absolute atomic E-state index is 11.4. The second-order valence-corrected chi connectivity index (χ2v) is 16.4. The first-order valence-corrected chi connectivity index (χ1v) is 19.6. The van der Waals surface area contributed by atoms with E-state index in [2.05, 4.69) is 39.0 Å². The molecule has 0 fully saturated rings. The van der Waals surface area contributed by atoms with Crippen LogP contribution in [0.2, 0.25) is 0 Å². The SMILES string of the molecule is [2H]C([2H])([2H])c1ccc(-c2ccnc(-c3[c-]c(-c4cccc5c4nc(-c4ccccc4O)n5-c4ccc(-c5c(C([2H])(C)C)cccc5C([2H])(C)C)cc4C([2H])([2H])[2H])cc(C(C)(C)C)c3)c2)cc1.[Pt]. The summed E-state index contributed by atoms with van der Waals surface area (Å²) in [6.45, 7) is 8.72. The first-order valence-electron chi connectivity index (χ1n) is 23.6. The summed E-state index contributed by atoms with van der Waals surface area (Å²) in [6, 6.07) is 42.0. The summed E-state index contributed by atoms with van der Waals surface area (Å²) in [4.78, 5) is 10.0. The Morgan fingerprint density at radius 3 is 2.05 bits per heavy atom. The molecule has 2 heterocycles. The molecule has 59 heavy (non-hydrogen) atoms. The van der Waals surface area contributed by atoms with Gasteiger partial charge in [0, 0.05) is 43.9 Å². The summed E-state index contributed by atoms with van der Waals surface area (Å²) in [6.07, 6.45) is 1.73. The van der Waals surface area contributed by atoms with Gasteiger partial charge in [-0.2, -0.15) is 0 Å². The van der Waals surface area contributed by atoms with Gasteiger partial charge in [0.2, 0.25) is 0 Å². The quantitative estimate of drug-likeness (QED) is 0.154. The number of aryl methyl sites for hydroxylation is 2. The fourth-order valence-corrected chi connectivity index (χ4v) is 7.69. The predicted octanol–water partition coefficient (Wildman–Crippen LogP) is 14.4. The number of pyridine rings is 1. The zero-order valence-electron chi connectivity index (χ0n) is 42.3. The van der Waals surface area contributed by atoms with E-state index in [-0.39, 0.29) is 43.4 Å². The van der Waals surface area contributed by atoms with Gasteiger partial charge in [0.1, 0.15) is 11.6 Å². The minimum absolute atomic E-state index is 0. The molecule has 4 nitrogen and oxygen atoms in total. The van der Waals surface area contributed by atoms with Crippen LogP contribution in [0.25, 0.3) is 72.7 Å². The number of imidazole rings is 1. The van der Waals surface area contributed by atoms with Crippen LogP contribution in [0, 0.1) is 19.8 Å². The Labute approximate surface area is 375 Å². The summed E-state index contributed by atoms with van der Waals surface area (Å²) < 4.78 is 70.2. The van der Waals surface area contributed by atoms with E-state index in [9.17, 15) is 5.11 Å². The first kappa shape index (κ1) is 32.3. The fourth-order valence-electron chi connectivity index (χ4n) is 7.69. The molecule has 0 spiro atoms. The number of para-hydroxylation sites is 2. The van der Waals surface area contributed by atoms with Gasteiger partial charge in [0.05, 0.1) is 22.3 Å². The number of phenolic OH excluding ortho intramolecular Hbond substituents is 1. The molecule has 0 unspecified atom stereocenters. The minimum atomic E-state index is -2.62. The Kier molecular flexibility index (Phi) is 9.08. The Hall–Kier alpha value is -5.57. The molecule has 0 aliphatic heterocycles. The van der Waals surface area contributed by atoms with E-state index in [1.165, 1.54) is 0 Å². The molecule has 0 saturated carbocycles. The van der Waals surface area contributed by atoms with Crippen LogP contribution in [0.5, 0.6) is 5.75 Å². The van der Waals surface area contributed by atoms with Crippen molar-refractivity contribution in [2.45, 2.75) is 79.4 Å². The number of aromatic nitrogens is 3. The molecule has 6 aromatic carbocycles. The number of benzene rings is 6. The Morgan fingerprint density at radius 1 is 0.695 bits per heavy atom. The molecule has 5 heteroatoms. The molecule has 8 rings (SSSR count). The van der Waals surface area contributed by atoms with E-state index >= 15 is 0 Å². The summed E-state index contributed by atoms with van der Waals surface area (Å²) in [5, 5.41) is 11.4. The van der Waals surface area contributed by atoms with Crippen LogP contribution in [-0.4, -0.2) is 19.6 Å². The van der Waals surface area contributed by atoms with Gasteiger partial charge in [0.15, 0.2) is 0 Å².